The molecule has 30 heavy (non-hydrogen) atoms. The second-order valence-electron chi connectivity index (χ2n) is 9.20. The number of piperazine rings is 1. The second-order valence-corrected chi connectivity index (χ2v) is 9.20. The van der Waals surface area contributed by atoms with E-state index in [1.165, 1.54) is 24.9 Å². The molecule has 166 valence electrons. The smallest absolute Gasteiger partial charge is 0.225 e. The zero-order valence-corrected chi connectivity index (χ0v) is 19.1. The molecule has 0 N–H and O–H groups in total. The number of benzene rings is 1. The van der Waals surface area contributed by atoms with Crippen LogP contribution >= 0.6 is 0 Å². The third-order valence-corrected chi connectivity index (χ3v) is 7.08. The van der Waals surface area contributed by atoms with E-state index in [0.717, 1.165) is 70.3 Å². The number of hydrogen-bond donors (Lipinski definition) is 0. The summed E-state index contributed by atoms with van der Waals surface area (Å²) in [7, 11) is 0. The highest BCUT2D eigenvalue weighted by Crippen LogP contribution is 2.26. The summed E-state index contributed by atoms with van der Waals surface area (Å²) in [4.78, 5) is 29.8. The summed E-state index contributed by atoms with van der Waals surface area (Å²) in [6.45, 7) is 7.75. The van der Waals surface area contributed by atoms with Crippen LogP contribution in [-0.2, 0) is 16.0 Å². The minimum absolute atomic E-state index is 0.208. The first-order valence-electron chi connectivity index (χ1n) is 12.3. The van der Waals surface area contributed by atoms with Crippen LogP contribution in [0.2, 0.25) is 0 Å². The van der Waals surface area contributed by atoms with Gasteiger partial charge in [0.1, 0.15) is 5.78 Å². The van der Waals surface area contributed by atoms with Crippen LogP contribution < -0.4 is 4.90 Å². The third kappa shape index (κ3) is 6.09. The molecule has 0 spiro atoms. The number of rotatable bonds is 9. The van der Waals surface area contributed by atoms with Crippen molar-refractivity contribution < 1.29 is 9.59 Å². The number of nitrogens with zero attached hydrogens (tertiary/aromatic N) is 2. The van der Waals surface area contributed by atoms with Crippen LogP contribution in [0.3, 0.4) is 0 Å². The van der Waals surface area contributed by atoms with Gasteiger partial charge in [0.2, 0.25) is 5.91 Å². The van der Waals surface area contributed by atoms with E-state index in [9.17, 15) is 9.59 Å². The number of ketones is 1. The molecule has 1 aromatic rings. The van der Waals surface area contributed by atoms with Crippen molar-refractivity contribution >= 4 is 17.4 Å². The first kappa shape index (κ1) is 22.8. The first-order valence-corrected chi connectivity index (χ1v) is 12.3. The quantitative estimate of drug-likeness (QED) is 0.557. The van der Waals surface area contributed by atoms with Crippen LogP contribution in [0, 0.1) is 11.8 Å². The summed E-state index contributed by atoms with van der Waals surface area (Å²) in [5.41, 5.74) is 2.32. The highest BCUT2D eigenvalue weighted by atomic mass is 16.2. The van der Waals surface area contributed by atoms with E-state index in [0.29, 0.717) is 18.1 Å². The summed E-state index contributed by atoms with van der Waals surface area (Å²) >= 11 is 0. The number of Topliss-reactive ketones (excluding diaryl/α,β-unsaturated/α-hetero) is 1. The van der Waals surface area contributed by atoms with Crippen molar-refractivity contribution in [1.82, 2.24) is 4.90 Å². The van der Waals surface area contributed by atoms with E-state index in [4.69, 9.17) is 0 Å². The lowest BCUT2D eigenvalue weighted by molar-refractivity contribution is -0.136. The minimum Gasteiger partial charge on any atom is -0.368 e. The lowest BCUT2D eigenvalue weighted by Crippen LogP contribution is -2.50. The number of amides is 1. The van der Waals surface area contributed by atoms with Gasteiger partial charge < -0.3 is 9.80 Å². The Bertz CT molecular complexity index is 671. The maximum Gasteiger partial charge on any atom is 0.225 e. The molecular weight excluding hydrogens is 372 g/mol. The fourth-order valence-corrected chi connectivity index (χ4v) is 5.01. The Balaban J connectivity index is 1.48. The predicted octanol–water partition coefficient (Wildman–Crippen LogP) is 5.24. The molecule has 0 aromatic heterocycles. The number of hydrogen-bond acceptors (Lipinski definition) is 3. The molecule has 1 aliphatic carbocycles. The molecule has 3 rings (SSSR count). The molecule has 1 saturated carbocycles. The zero-order valence-electron chi connectivity index (χ0n) is 19.1. The fraction of sp³-hybridized carbons (Fsp3) is 0.692. The van der Waals surface area contributed by atoms with E-state index in [-0.39, 0.29) is 11.8 Å². The summed E-state index contributed by atoms with van der Waals surface area (Å²) in [6, 6.07) is 8.51. The Morgan fingerprint density at radius 1 is 0.967 bits per heavy atom. The average molecular weight is 413 g/mol. The summed E-state index contributed by atoms with van der Waals surface area (Å²) in [5, 5.41) is 0. The molecule has 1 saturated heterocycles. The Morgan fingerprint density at radius 3 is 2.23 bits per heavy atom. The summed E-state index contributed by atoms with van der Waals surface area (Å²) in [5.74, 6) is 1.25. The second kappa shape index (κ2) is 11.5. The van der Waals surface area contributed by atoms with Gasteiger partial charge in [0, 0.05) is 50.1 Å². The highest BCUT2D eigenvalue weighted by molar-refractivity contribution is 5.83. The normalized spacial score (nSPS) is 19.0. The lowest BCUT2D eigenvalue weighted by Gasteiger charge is -2.38. The van der Waals surface area contributed by atoms with Gasteiger partial charge in [-0.1, -0.05) is 58.1 Å². The fourth-order valence-electron chi connectivity index (χ4n) is 5.01. The van der Waals surface area contributed by atoms with Crippen molar-refractivity contribution in [3.05, 3.63) is 29.8 Å². The molecule has 4 heteroatoms. The Kier molecular flexibility index (Phi) is 8.77. The third-order valence-electron chi connectivity index (χ3n) is 7.08. The van der Waals surface area contributed by atoms with Crippen LogP contribution in [0.5, 0.6) is 0 Å². The minimum atomic E-state index is 0.208. The molecule has 1 atom stereocenters. The van der Waals surface area contributed by atoms with Gasteiger partial charge in [0.05, 0.1) is 0 Å². The summed E-state index contributed by atoms with van der Waals surface area (Å²) in [6.07, 6.45) is 10.7. The molecule has 1 aromatic carbocycles. The number of carbonyl (C=O) groups excluding carboxylic acids is 2. The number of anilines is 1. The topological polar surface area (TPSA) is 40.6 Å². The van der Waals surface area contributed by atoms with Gasteiger partial charge in [0.25, 0.3) is 0 Å². The maximum atomic E-state index is 12.8. The number of unbranched alkanes of at least 4 members (excludes halogenated alkanes) is 1. The van der Waals surface area contributed by atoms with Crippen molar-refractivity contribution in [3.63, 3.8) is 0 Å². The zero-order chi connectivity index (χ0) is 21.3. The molecule has 1 heterocycles. The van der Waals surface area contributed by atoms with Crippen molar-refractivity contribution in [3.8, 4) is 0 Å². The standard InChI is InChI=1S/C26H40N2O2/c1-3-5-9-22(4-2)25(29)20-21-12-14-24(15-13-21)27-16-18-28(19-17-27)26(30)23-10-7-6-8-11-23/h12-15,22-23H,3-11,16-20H2,1-2H3. The van der Waals surface area contributed by atoms with E-state index >= 15 is 0 Å². The monoisotopic (exact) mass is 412 g/mol. The highest BCUT2D eigenvalue weighted by Gasteiger charge is 2.28. The van der Waals surface area contributed by atoms with Crippen LogP contribution in [0.1, 0.15) is 77.2 Å². The molecule has 4 nitrogen and oxygen atoms in total. The van der Waals surface area contributed by atoms with E-state index in [1.807, 2.05) is 0 Å². The summed E-state index contributed by atoms with van der Waals surface area (Å²) < 4.78 is 0. The Hall–Kier alpha value is -1.84. The van der Waals surface area contributed by atoms with Gasteiger partial charge in [0.15, 0.2) is 0 Å². The molecular formula is C26H40N2O2. The number of carbonyl (C=O) groups is 2. The lowest BCUT2D eigenvalue weighted by atomic mass is 9.88. The van der Waals surface area contributed by atoms with Crippen LogP contribution in [-0.4, -0.2) is 42.8 Å². The van der Waals surface area contributed by atoms with Gasteiger partial charge in [-0.2, -0.15) is 0 Å². The molecule has 2 fully saturated rings. The first-order chi connectivity index (χ1) is 14.6. The SMILES string of the molecule is CCCCC(CC)C(=O)Cc1ccc(N2CCN(C(=O)C3CCCCC3)CC2)cc1. The molecule has 0 bridgehead atoms. The van der Waals surface area contributed by atoms with Crippen molar-refractivity contribution in [2.75, 3.05) is 31.1 Å². The van der Waals surface area contributed by atoms with Crippen molar-refractivity contribution in [2.45, 2.75) is 78.1 Å². The average Bonchev–Trinajstić information content (AvgIpc) is 2.80. The molecule has 1 aliphatic heterocycles. The Morgan fingerprint density at radius 2 is 1.63 bits per heavy atom. The van der Waals surface area contributed by atoms with Gasteiger partial charge in [-0.3, -0.25) is 9.59 Å². The van der Waals surface area contributed by atoms with Crippen molar-refractivity contribution in [1.29, 1.82) is 0 Å². The largest absolute Gasteiger partial charge is 0.368 e. The van der Waals surface area contributed by atoms with Gasteiger partial charge in [-0.25, -0.2) is 0 Å². The van der Waals surface area contributed by atoms with Gasteiger partial charge in [-0.05, 0) is 43.4 Å². The predicted molar refractivity (Wildman–Crippen MR) is 124 cm³/mol. The molecule has 0 radical (unpaired) electrons. The maximum absolute atomic E-state index is 12.8. The van der Waals surface area contributed by atoms with Gasteiger partial charge >= 0.3 is 0 Å². The van der Waals surface area contributed by atoms with E-state index in [1.54, 1.807) is 0 Å². The van der Waals surface area contributed by atoms with Crippen LogP contribution in [0.4, 0.5) is 5.69 Å². The Labute approximate surface area is 183 Å². The molecule has 1 unspecified atom stereocenters. The molecule has 2 aliphatic rings. The molecule has 1 amide bonds. The van der Waals surface area contributed by atoms with Crippen LogP contribution in [0.15, 0.2) is 24.3 Å². The van der Waals surface area contributed by atoms with E-state index in [2.05, 4.69) is 47.9 Å². The van der Waals surface area contributed by atoms with Gasteiger partial charge in [-0.15, -0.1) is 0 Å². The van der Waals surface area contributed by atoms with E-state index < -0.39 is 0 Å². The van der Waals surface area contributed by atoms with Crippen LogP contribution in [0.25, 0.3) is 0 Å². The van der Waals surface area contributed by atoms with Crippen molar-refractivity contribution in [2.24, 2.45) is 11.8 Å².